The van der Waals surface area contributed by atoms with Crippen molar-refractivity contribution < 1.29 is 4.79 Å². The molecule has 150 valence electrons. The number of hydrogen-bond acceptors (Lipinski definition) is 5. The summed E-state index contributed by atoms with van der Waals surface area (Å²) in [6, 6.07) is 9.44. The lowest BCUT2D eigenvalue weighted by Crippen LogP contribution is -2.51. The molecule has 1 aromatic heterocycles. The molecule has 1 N–H and O–H groups in total. The van der Waals surface area contributed by atoms with E-state index >= 15 is 0 Å². The van der Waals surface area contributed by atoms with Gasteiger partial charge in [0.05, 0.1) is 22.2 Å². The van der Waals surface area contributed by atoms with Gasteiger partial charge >= 0.3 is 0 Å². The summed E-state index contributed by atoms with van der Waals surface area (Å²) in [6.07, 6.45) is 1.81. The molecule has 0 aliphatic heterocycles. The minimum absolute atomic E-state index is 0.0276. The average molecular weight is 401 g/mol. The summed E-state index contributed by atoms with van der Waals surface area (Å²) in [6.45, 7) is 9.91. The van der Waals surface area contributed by atoms with Crippen LogP contribution in [0.2, 0.25) is 0 Å². The molecular weight excluding hydrogens is 372 g/mol. The number of fused-ring (bicyclic) bond motifs is 1. The SMILES string of the molecule is CCCCn1c(SC(C)C(=O)NC(C)(C#N)C(C)C)nc2ccccc2c1=O. The molecule has 1 heterocycles. The zero-order valence-electron chi connectivity index (χ0n) is 17.2. The molecule has 2 rings (SSSR count). The number of rotatable bonds is 8. The lowest BCUT2D eigenvalue weighted by molar-refractivity contribution is -0.121. The highest BCUT2D eigenvalue weighted by atomic mass is 32.2. The molecule has 2 aromatic rings. The quantitative estimate of drug-likeness (QED) is 0.539. The van der Waals surface area contributed by atoms with E-state index in [4.69, 9.17) is 0 Å². The largest absolute Gasteiger partial charge is 0.337 e. The number of nitrogens with zero attached hydrogens (tertiary/aromatic N) is 3. The van der Waals surface area contributed by atoms with Gasteiger partial charge in [0.1, 0.15) is 5.54 Å². The molecule has 0 spiro atoms. The number of carbonyl (C=O) groups excluding carboxylic acids is 1. The van der Waals surface area contributed by atoms with Gasteiger partial charge in [0.25, 0.3) is 5.56 Å². The third kappa shape index (κ3) is 4.74. The molecule has 0 fully saturated rings. The number of benzene rings is 1. The number of carbonyl (C=O) groups is 1. The van der Waals surface area contributed by atoms with E-state index in [1.165, 1.54) is 11.8 Å². The maximum atomic E-state index is 12.9. The maximum Gasteiger partial charge on any atom is 0.262 e. The van der Waals surface area contributed by atoms with Crippen molar-refractivity contribution in [3.8, 4) is 6.07 Å². The first kappa shape index (κ1) is 22.0. The second-order valence-corrected chi connectivity index (χ2v) is 8.75. The first-order valence-corrected chi connectivity index (χ1v) is 10.5. The van der Waals surface area contributed by atoms with Gasteiger partial charge in [-0.05, 0) is 38.3 Å². The molecule has 2 unspecified atom stereocenters. The second-order valence-electron chi connectivity index (χ2n) is 7.44. The van der Waals surface area contributed by atoms with Gasteiger partial charge in [-0.15, -0.1) is 0 Å². The predicted octanol–water partition coefficient (Wildman–Crippen LogP) is 3.73. The van der Waals surface area contributed by atoms with Crippen LogP contribution in [0.4, 0.5) is 0 Å². The monoisotopic (exact) mass is 400 g/mol. The van der Waals surface area contributed by atoms with Crippen molar-refractivity contribution in [1.82, 2.24) is 14.9 Å². The van der Waals surface area contributed by atoms with Crippen molar-refractivity contribution in [1.29, 1.82) is 5.26 Å². The van der Waals surface area contributed by atoms with Gasteiger partial charge in [-0.1, -0.05) is 51.1 Å². The van der Waals surface area contributed by atoms with Gasteiger partial charge < -0.3 is 5.32 Å². The number of amides is 1. The lowest BCUT2D eigenvalue weighted by atomic mass is 9.90. The molecule has 0 saturated carbocycles. The van der Waals surface area contributed by atoms with Gasteiger partial charge in [-0.2, -0.15) is 5.26 Å². The van der Waals surface area contributed by atoms with Gasteiger partial charge in [0, 0.05) is 6.54 Å². The Morgan fingerprint density at radius 2 is 2.04 bits per heavy atom. The maximum absolute atomic E-state index is 12.9. The van der Waals surface area contributed by atoms with E-state index in [-0.39, 0.29) is 17.4 Å². The van der Waals surface area contributed by atoms with E-state index in [2.05, 4.69) is 23.3 Å². The van der Waals surface area contributed by atoms with Crippen molar-refractivity contribution in [2.24, 2.45) is 5.92 Å². The highest BCUT2D eigenvalue weighted by Gasteiger charge is 2.32. The third-order valence-electron chi connectivity index (χ3n) is 4.98. The number of aromatic nitrogens is 2. The average Bonchev–Trinajstić information content (AvgIpc) is 2.67. The Kier molecular flexibility index (Phi) is 7.25. The number of para-hydroxylation sites is 1. The minimum Gasteiger partial charge on any atom is -0.337 e. The Bertz CT molecular complexity index is 948. The summed E-state index contributed by atoms with van der Waals surface area (Å²) in [4.78, 5) is 30.3. The van der Waals surface area contributed by atoms with Crippen LogP contribution in [0.1, 0.15) is 47.5 Å². The normalized spacial score (nSPS) is 14.5. The molecular formula is C21H28N4O2S. The van der Waals surface area contributed by atoms with Crippen molar-refractivity contribution in [3.05, 3.63) is 34.6 Å². The first-order valence-electron chi connectivity index (χ1n) is 9.63. The van der Waals surface area contributed by atoms with Crippen LogP contribution in [0.3, 0.4) is 0 Å². The molecule has 7 heteroatoms. The van der Waals surface area contributed by atoms with Crippen LogP contribution in [-0.2, 0) is 11.3 Å². The summed E-state index contributed by atoms with van der Waals surface area (Å²) in [5, 5.41) is 12.9. The second kappa shape index (κ2) is 9.24. The zero-order chi connectivity index (χ0) is 20.9. The van der Waals surface area contributed by atoms with E-state index in [1.54, 1.807) is 30.5 Å². The van der Waals surface area contributed by atoms with Crippen molar-refractivity contribution in [3.63, 3.8) is 0 Å². The molecule has 0 aliphatic carbocycles. The molecule has 2 atom stereocenters. The van der Waals surface area contributed by atoms with E-state index in [1.807, 2.05) is 26.0 Å². The van der Waals surface area contributed by atoms with Crippen LogP contribution in [0.25, 0.3) is 10.9 Å². The molecule has 28 heavy (non-hydrogen) atoms. The Morgan fingerprint density at radius 1 is 1.36 bits per heavy atom. The van der Waals surface area contributed by atoms with Crippen molar-refractivity contribution in [2.45, 2.75) is 70.0 Å². The van der Waals surface area contributed by atoms with Gasteiger partial charge in [-0.3, -0.25) is 14.2 Å². The molecule has 0 bridgehead atoms. The fourth-order valence-electron chi connectivity index (χ4n) is 2.62. The van der Waals surface area contributed by atoms with Gasteiger partial charge in [-0.25, -0.2) is 4.98 Å². The summed E-state index contributed by atoms with van der Waals surface area (Å²) in [7, 11) is 0. The highest BCUT2D eigenvalue weighted by molar-refractivity contribution is 8.00. The Balaban J connectivity index is 2.35. The van der Waals surface area contributed by atoms with Crippen LogP contribution in [0, 0.1) is 17.2 Å². The summed E-state index contributed by atoms with van der Waals surface area (Å²) >= 11 is 1.25. The summed E-state index contributed by atoms with van der Waals surface area (Å²) in [5.74, 6) is -0.271. The van der Waals surface area contributed by atoms with Crippen LogP contribution in [-0.4, -0.2) is 26.2 Å². The fourth-order valence-corrected chi connectivity index (χ4v) is 3.56. The van der Waals surface area contributed by atoms with Crippen LogP contribution in [0.15, 0.2) is 34.2 Å². The van der Waals surface area contributed by atoms with E-state index in [0.717, 1.165) is 12.8 Å². The third-order valence-corrected chi connectivity index (χ3v) is 6.07. The summed E-state index contributed by atoms with van der Waals surface area (Å²) < 4.78 is 1.66. The molecule has 1 amide bonds. The molecule has 0 aliphatic rings. The smallest absolute Gasteiger partial charge is 0.262 e. The van der Waals surface area contributed by atoms with Crippen LogP contribution >= 0.6 is 11.8 Å². The number of nitrogens with one attached hydrogen (secondary N) is 1. The number of hydrogen-bond donors (Lipinski definition) is 1. The number of nitriles is 1. The topological polar surface area (TPSA) is 87.8 Å². The first-order chi connectivity index (χ1) is 13.2. The van der Waals surface area contributed by atoms with E-state index in [9.17, 15) is 14.9 Å². The molecule has 1 aromatic carbocycles. The zero-order valence-corrected chi connectivity index (χ0v) is 18.0. The van der Waals surface area contributed by atoms with Crippen molar-refractivity contribution >= 4 is 28.6 Å². The van der Waals surface area contributed by atoms with Crippen LogP contribution < -0.4 is 10.9 Å². The standard InChI is InChI=1S/C21H28N4O2S/c1-6-7-12-25-19(27)16-10-8-9-11-17(16)23-20(25)28-15(4)18(26)24-21(5,13-22)14(2)3/h8-11,14-15H,6-7,12H2,1-5H3,(H,24,26). The van der Waals surface area contributed by atoms with E-state index in [0.29, 0.717) is 22.6 Å². The lowest BCUT2D eigenvalue weighted by Gasteiger charge is -2.28. The predicted molar refractivity (Wildman–Crippen MR) is 113 cm³/mol. The fraction of sp³-hybridized carbons (Fsp3) is 0.524. The Labute approximate surface area is 170 Å². The molecule has 0 radical (unpaired) electrons. The van der Waals surface area contributed by atoms with Gasteiger partial charge in [0.15, 0.2) is 5.16 Å². The number of thioether (sulfide) groups is 1. The highest BCUT2D eigenvalue weighted by Crippen LogP contribution is 2.24. The molecule has 0 saturated heterocycles. The Morgan fingerprint density at radius 3 is 2.64 bits per heavy atom. The minimum atomic E-state index is -0.940. The number of unbranched alkanes of at least 4 members (excludes halogenated alkanes) is 1. The summed E-state index contributed by atoms with van der Waals surface area (Å²) in [5.41, 5.74) is -0.400. The van der Waals surface area contributed by atoms with Crippen LogP contribution in [0.5, 0.6) is 0 Å². The van der Waals surface area contributed by atoms with Crippen molar-refractivity contribution in [2.75, 3.05) is 0 Å². The van der Waals surface area contributed by atoms with E-state index < -0.39 is 10.8 Å². The Hall–Kier alpha value is -2.33. The molecule has 6 nitrogen and oxygen atoms in total. The van der Waals surface area contributed by atoms with Gasteiger partial charge in [0.2, 0.25) is 5.91 Å².